The topological polar surface area (TPSA) is 41.8 Å². The molecule has 0 unspecified atom stereocenters. The molecular weight excluding hydrogens is 258 g/mol. The first kappa shape index (κ1) is 14.3. The Labute approximate surface area is 119 Å². The predicted octanol–water partition coefficient (Wildman–Crippen LogP) is 2.57. The van der Waals surface area contributed by atoms with Gasteiger partial charge in [-0.1, -0.05) is 0 Å². The molecule has 2 aromatic heterocycles. The molecule has 0 radical (unpaired) electrons. The van der Waals surface area contributed by atoms with Gasteiger partial charge >= 0.3 is 0 Å². The molecule has 0 bridgehead atoms. The Morgan fingerprint density at radius 2 is 2.05 bits per heavy atom. The molecule has 0 aliphatic carbocycles. The van der Waals surface area contributed by atoms with E-state index >= 15 is 0 Å². The van der Waals surface area contributed by atoms with Crippen molar-refractivity contribution in [3.05, 3.63) is 10.5 Å². The number of nitrogens with zero attached hydrogens (tertiary/aromatic N) is 4. The Morgan fingerprint density at radius 3 is 2.68 bits per heavy atom. The monoisotopic (exact) mass is 281 g/mol. The third kappa shape index (κ3) is 2.90. The minimum absolute atomic E-state index is 0.808. The molecule has 6 heteroatoms. The van der Waals surface area contributed by atoms with Crippen LogP contribution in [-0.4, -0.2) is 44.9 Å². The molecule has 0 aliphatic rings. The molecule has 106 valence electrons. The number of fused-ring (bicyclic) bond motifs is 1. The number of aryl methyl sites for hydroxylation is 3. The number of aromatic amines is 1. The Bertz CT molecular complexity index is 604. The summed E-state index contributed by atoms with van der Waals surface area (Å²) in [6.45, 7) is 7.08. The van der Waals surface area contributed by atoms with Gasteiger partial charge in [0, 0.05) is 13.1 Å². The molecule has 0 amide bonds. The van der Waals surface area contributed by atoms with Crippen molar-refractivity contribution < 1.29 is 0 Å². The van der Waals surface area contributed by atoms with Crippen molar-refractivity contribution in [2.45, 2.75) is 39.8 Å². The lowest BCUT2D eigenvalue weighted by molar-refractivity contribution is 0.387. The number of rotatable bonds is 6. The quantitative estimate of drug-likeness (QED) is 0.653. The molecule has 0 aromatic carbocycles. The molecule has 1 N–H and O–H groups in total. The first-order valence-electron chi connectivity index (χ1n) is 6.85. The molecule has 0 saturated carbocycles. The van der Waals surface area contributed by atoms with Crippen LogP contribution in [0.1, 0.15) is 25.5 Å². The zero-order valence-electron chi connectivity index (χ0n) is 12.2. The average molecular weight is 281 g/mol. The number of hydrogen-bond acceptors (Lipinski definition) is 3. The molecular formula is C13H23N5S. The normalized spacial score (nSPS) is 11.8. The summed E-state index contributed by atoms with van der Waals surface area (Å²) in [7, 11) is 4.21. The maximum absolute atomic E-state index is 5.43. The van der Waals surface area contributed by atoms with Crippen LogP contribution in [0.4, 0.5) is 0 Å². The molecule has 0 atom stereocenters. The molecule has 0 spiro atoms. The van der Waals surface area contributed by atoms with Crippen molar-refractivity contribution in [3.63, 3.8) is 0 Å². The van der Waals surface area contributed by atoms with Crippen LogP contribution in [-0.2, 0) is 13.1 Å². The fraction of sp³-hybridized carbons (Fsp3) is 0.692. The second-order valence-electron chi connectivity index (χ2n) is 5.19. The zero-order chi connectivity index (χ0) is 14.0. The number of aromatic nitrogens is 4. The fourth-order valence-electron chi connectivity index (χ4n) is 2.39. The van der Waals surface area contributed by atoms with Gasteiger partial charge in [-0.05, 0) is 59.5 Å². The van der Waals surface area contributed by atoms with Gasteiger partial charge in [0.05, 0.1) is 5.69 Å². The van der Waals surface area contributed by atoms with E-state index in [9.17, 15) is 0 Å². The van der Waals surface area contributed by atoms with Gasteiger partial charge in [0.1, 0.15) is 5.52 Å². The third-order valence-electron chi connectivity index (χ3n) is 3.37. The van der Waals surface area contributed by atoms with Gasteiger partial charge in [-0.3, -0.25) is 0 Å². The Hall–Kier alpha value is -1.14. The van der Waals surface area contributed by atoms with E-state index in [1.165, 1.54) is 6.42 Å². The predicted molar refractivity (Wildman–Crippen MR) is 81.1 cm³/mol. The van der Waals surface area contributed by atoms with Gasteiger partial charge in [-0.15, -0.1) is 0 Å². The second kappa shape index (κ2) is 5.88. The highest BCUT2D eigenvalue weighted by Crippen LogP contribution is 2.18. The number of nitrogens with one attached hydrogen (secondary N) is 1. The lowest BCUT2D eigenvalue weighted by Gasteiger charge is -2.10. The summed E-state index contributed by atoms with van der Waals surface area (Å²) in [5, 5.41) is 4.54. The van der Waals surface area contributed by atoms with Gasteiger partial charge in [0.25, 0.3) is 0 Å². The van der Waals surface area contributed by atoms with Crippen molar-refractivity contribution >= 4 is 23.4 Å². The molecule has 0 aliphatic heterocycles. The molecule has 19 heavy (non-hydrogen) atoms. The van der Waals surface area contributed by atoms with Gasteiger partial charge in [0.15, 0.2) is 10.4 Å². The summed E-state index contributed by atoms with van der Waals surface area (Å²) in [6, 6.07) is 0. The fourth-order valence-corrected chi connectivity index (χ4v) is 2.67. The molecule has 2 rings (SSSR count). The van der Waals surface area contributed by atoms with E-state index in [-0.39, 0.29) is 0 Å². The van der Waals surface area contributed by atoms with Crippen molar-refractivity contribution in [1.82, 2.24) is 24.2 Å². The van der Waals surface area contributed by atoms with Gasteiger partial charge in [-0.25, -0.2) is 4.68 Å². The maximum Gasteiger partial charge on any atom is 0.179 e. The molecule has 2 heterocycles. The molecule has 0 saturated heterocycles. The smallest absolute Gasteiger partial charge is 0.179 e. The van der Waals surface area contributed by atoms with Gasteiger partial charge < -0.3 is 14.5 Å². The average Bonchev–Trinajstić information content (AvgIpc) is 2.83. The lowest BCUT2D eigenvalue weighted by Crippen LogP contribution is -2.14. The van der Waals surface area contributed by atoms with Crippen LogP contribution in [0.25, 0.3) is 11.2 Å². The van der Waals surface area contributed by atoms with Crippen molar-refractivity contribution in [2.75, 3.05) is 20.6 Å². The Kier molecular flexibility index (Phi) is 4.42. The van der Waals surface area contributed by atoms with Crippen LogP contribution in [0.2, 0.25) is 0 Å². The largest absolute Gasteiger partial charge is 0.328 e. The summed E-state index contributed by atoms with van der Waals surface area (Å²) in [5.41, 5.74) is 3.24. The van der Waals surface area contributed by atoms with E-state index in [1.807, 2.05) is 11.6 Å². The second-order valence-corrected chi connectivity index (χ2v) is 5.58. The van der Waals surface area contributed by atoms with Crippen molar-refractivity contribution in [1.29, 1.82) is 0 Å². The van der Waals surface area contributed by atoms with Crippen LogP contribution in [0, 0.1) is 11.7 Å². The summed E-state index contributed by atoms with van der Waals surface area (Å²) in [6.07, 6.45) is 2.31. The number of hydrogen-bond donors (Lipinski definition) is 1. The SMILES string of the molecule is CCn1nc(C)c2[nH]c(=S)n(CCCCN(C)C)c21. The van der Waals surface area contributed by atoms with Crippen LogP contribution < -0.4 is 0 Å². The third-order valence-corrected chi connectivity index (χ3v) is 3.69. The van der Waals surface area contributed by atoms with Crippen LogP contribution in [0.5, 0.6) is 0 Å². The first-order chi connectivity index (χ1) is 9.04. The van der Waals surface area contributed by atoms with Crippen molar-refractivity contribution in [2.24, 2.45) is 0 Å². The Balaban J connectivity index is 2.22. The van der Waals surface area contributed by atoms with E-state index in [0.29, 0.717) is 0 Å². The first-order valence-corrected chi connectivity index (χ1v) is 7.26. The minimum atomic E-state index is 0.808. The summed E-state index contributed by atoms with van der Waals surface area (Å²) in [4.78, 5) is 5.50. The number of H-pyrrole nitrogens is 1. The van der Waals surface area contributed by atoms with E-state index in [0.717, 1.165) is 47.7 Å². The van der Waals surface area contributed by atoms with Gasteiger partial charge in [0.2, 0.25) is 0 Å². The van der Waals surface area contributed by atoms with Crippen LogP contribution in [0.3, 0.4) is 0 Å². The van der Waals surface area contributed by atoms with E-state index < -0.39 is 0 Å². The van der Waals surface area contributed by atoms with E-state index in [4.69, 9.17) is 12.2 Å². The maximum atomic E-state index is 5.43. The number of imidazole rings is 1. The highest BCUT2D eigenvalue weighted by atomic mass is 32.1. The summed E-state index contributed by atoms with van der Waals surface area (Å²) >= 11 is 5.43. The molecule has 5 nitrogen and oxygen atoms in total. The zero-order valence-corrected chi connectivity index (χ0v) is 13.0. The summed E-state index contributed by atoms with van der Waals surface area (Å²) in [5.74, 6) is 0. The minimum Gasteiger partial charge on any atom is -0.328 e. The van der Waals surface area contributed by atoms with Crippen LogP contribution >= 0.6 is 12.2 Å². The molecule has 0 fully saturated rings. The Morgan fingerprint density at radius 1 is 1.32 bits per heavy atom. The van der Waals surface area contributed by atoms with E-state index in [1.54, 1.807) is 0 Å². The van der Waals surface area contributed by atoms with Crippen LogP contribution in [0.15, 0.2) is 0 Å². The molecule has 2 aromatic rings. The highest BCUT2D eigenvalue weighted by Gasteiger charge is 2.13. The lowest BCUT2D eigenvalue weighted by atomic mass is 10.3. The number of unbranched alkanes of at least 4 members (excludes halogenated alkanes) is 1. The highest BCUT2D eigenvalue weighted by molar-refractivity contribution is 7.71. The van der Waals surface area contributed by atoms with Crippen molar-refractivity contribution in [3.8, 4) is 0 Å². The summed E-state index contributed by atoms with van der Waals surface area (Å²) < 4.78 is 5.02. The van der Waals surface area contributed by atoms with E-state index in [2.05, 4.69) is 40.6 Å². The standard InChI is InChI=1S/C13H23N5S/c1-5-18-12-11(10(2)15-18)14-13(19)17(12)9-7-6-8-16(3)4/h5-9H2,1-4H3,(H,14,19). The van der Waals surface area contributed by atoms with Gasteiger partial charge in [-0.2, -0.15) is 5.10 Å².